The maximum absolute atomic E-state index is 13.3. The van der Waals surface area contributed by atoms with Crippen LogP contribution in [-0.4, -0.2) is 82.1 Å². The van der Waals surface area contributed by atoms with E-state index in [-0.39, 0.29) is 24.4 Å². The highest BCUT2D eigenvalue weighted by Gasteiger charge is 2.40. The van der Waals surface area contributed by atoms with Crippen LogP contribution >= 0.6 is 0 Å². The molecule has 0 fully saturated rings. The molecule has 1 aliphatic rings. The number of aliphatic carboxylic acids is 2. The van der Waals surface area contributed by atoms with E-state index in [1.165, 1.54) is 0 Å². The summed E-state index contributed by atoms with van der Waals surface area (Å²) in [6, 6.07) is 15.6. The van der Waals surface area contributed by atoms with Crippen molar-refractivity contribution in [3.63, 3.8) is 0 Å². The molecule has 2 aromatic carbocycles. The molecule has 36 heavy (non-hydrogen) atoms. The fraction of sp³-hybridized carbons (Fsp3) is 0.308. The zero-order valence-corrected chi connectivity index (χ0v) is 20.7. The smallest absolute Gasteiger partial charge is 0.414 e. The summed E-state index contributed by atoms with van der Waals surface area (Å²) < 4.78 is 2.16. The summed E-state index contributed by atoms with van der Waals surface area (Å²) in [6.07, 6.45) is 0. The monoisotopic (exact) mass is 494 g/mol. The van der Waals surface area contributed by atoms with Crippen LogP contribution < -0.4 is 5.32 Å². The molecule has 0 aliphatic carbocycles. The number of benzene rings is 2. The second-order valence-electron chi connectivity index (χ2n) is 8.76. The van der Waals surface area contributed by atoms with Gasteiger partial charge in [0, 0.05) is 47.9 Å². The number of aromatic nitrogens is 1. The Morgan fingerprint density at radius 2 is 1.61 bits per heavy atom. The summed E-state index contributed by atoms with van der Waals surface area (Å²) in [6.45, 7) is 3.43. The van der Waals surface area contributed by atoms with Crippen LogP contribution in [0.25, 0.3) is 10.9 Å². The highest BCUT2D eigenvalue weighted by atomic mass is 16.4. The third kappa shape index (κ3) is 5.38. The molecular weight excluding hydrogens is 464 g/mol. The molecule has 4 rings (SSSR count). The Morgan fingerprint density at radius 3 is 2.25 bits per heavy atom. The standard InChI is InChI=1S/C24H28N4O2.C2H2O4/c1-16-22(19-11-7-8-12-20(19)27(16)4)23-17-9-5-6-10-18(17)24(30)28(23)15-21(29)25-13-14-26(2)3;3-1(4)2(5)6/h5-12,23H,13-15H2,1-4H3,(H,25,29);(H,3,4)(H,5,6). The van der Waals surface area contributed by atoms with Gasteiger partial charge in [-0.15, -0.1) is 0 Å². The number of rotatable bonds is 6. The Bertz CT molecular complexity index is 1300. The zero-order chi connectivity index (χ0) is 26.6. The number of carboxylic acids is 2. The zero-order valence-electron chi connectivity index (χ0n) is 20.7. The number of carbonyl (C=O) groups is 4. The van der Waals surface area contributed by atoms with E-state index in [0.717, 1.165) is 34.3 Å². The van der Waals surface area contributed by atoms with Crippen molar-refractivity contribution in [3.8, 4) is 0 Å². The molecule has 0 bridgehead atoms. The maximum atomic E-state index is 13.3. The second-order valence-corrected chi connectivity index (χ2v) is 8.76. The minimum absolute atomic E-state index is 0.0360. The van der Waals surface area contributed by atoms with E-state index in [4.69, 9.17) is 19.8 Å². The Morgan fingerprint density at radius 1 is 1.00 bits per heavy atom. The van der Waals surface area contributed by atoms with Gasteiger partial charge in [0.25, 0.3) is 5.91 Å². The minimum atomic E-state index is -1.82. The first kappa shape index (κ1) is 26.4. The molecule has 2 amide bonds. The molecule has 3 N–H and O–H groups in total. The quantitative estimate of drug-likeness (QED) is 0.446. The summed E-state index contributed by atoms with van der Waals surface area (Å²) in [5, 5.41) is 18.8. The van der Waals surface area contributed by atoms with Gasteiger partial charge in [0.05, 0.1) is 6.04 Å². The predicted octanol–water partition coefficient (Wildman–Crippen LogP) is 1.87. The van der Waals surface area contributed by atoms with Gasteiger partial charge in [-0.05, 0) is 38.7 Å². The topological polar surface area (TPSA) is 132 Å². The number of carboxylic acid groups (broad SMARTS) is 2. The summed E-state index contributed by atoms with van der Waals surface area (Å²) in [5.74, 6) is -3.88. The highest BCUT2D eigenvalue weighted by molar-refractivity contribution is 6.27. The number of hydrogen-bond donors (Lipinski definition) is 3. The number of hydrogen-bond acceptors (Lipinski definition) is 5. The van der Waals surface area contributed by atoms with E-state index < -0.39 is 11.9 Å². The molecule has 0 saturated heterocycles. The number of fused-ring (bicyclic) bond motifs is 2. The normalized spacial score (nSPS) is 14.4. The average Bonchev–Trinajstić information content (AvgIpc) is 3.24. The summed E-state index contributed by atoms with van der Waals surface area (Å²) >= 11 is 0. The van der Waals surface area contributed by atoms with Crippen molar-refractivity contribution in [2.24, 2.45) is 7.05 Å². The van der Waals surface area contributed by atoms with Crippen LogP contribution in [0.2, 0.25) is 0 Å². The Kier molecular flexibility index (Phi) is 8.11. The predicted molar refractivity (Wildman–Crippen MR) is 134 cm³/mol. The third-order valence-corrected chi connectivity index (χ3v) is 6.16. The first-order valence-corrected chi connectivity index (χ1v) is 11.4. The number of nitrogens with zero attached hydrogens (tertiary/aromatic N) is 3. The largest absolute Gasteiger partial charge is 0.473 e. The van der Waals surface area contributed by atoms with Gasteiger partial charge in [-0.2, -0.15) is 0 Å². The van der Waals surface area contributed by atoms with Gasteiger partial charge in [-0.3, -0.25) is 9.59 Å². The lowest BCUT2D eigenvalue weighted by atomic mass is 9.95. The Hall–Kier alpha value is -4.18. The summed E-state index contributed by atoms with van der Waals surface area (Å²) in [4.78, 5) is 47.9. The molecule has 190 valence electrons. The number of amides is 2. The van der Waals surface area contributed by atoms with Crippen LogP contribution in [0.3, 0.4) is 0 Å². The second kappa shape index (κ2) is 11.0. The van der Waals surface area contributed by atoms with E-state index in [0.29, 0.717) is 12.1 Å². The van der Waals surface area contributed by atoms with Gasteiger partial charge < -0.3 is 29.9 Å². The van der Waals surface area contributed by atoms with Crippen LogP contribution in [-0.2, 0) is 21.4 Å². The van der Waals surface area contributed by atoms with E-state index >= 15 is 0 Å². The molecule has 10 nitrogen and oxygen atoms in total. The van der Waals surface area contributed by atoms with Crippen molar-refractivity contribution in [1.82, 2.24) is 19.7 Å². The summed E-state index contributed by atoms with van der Waals surface area (Å²) in [7, 11) is 5.97. The van der Waals surface area contributed by atoms with Crippen molar-refractivity contribution >= 4 is 34.7 Å². The molecule has 3 aromatic rings. The number of aryl methyl sites for hydroxylation is 1. The minimum Gasteiger partial charge on any atom is -0.473 e. The van der Waals surface area contributed by atoms with Gasteiger partial charge in [0.1, 0.15) is 6.54 Å². The molecule has 2 heterocycles. The number of para-hydroxylation sites is 1. The van der Waals surface area contributed by atoms with Gasteiger partial charge >= 0.3 is 11.9 Å². The molecule has 0 saturated carbocycles. The molecule has 1 aromatic heterocycles. The average molecular weight is 495 g/mol. The van der Waals surface area contributed by atoms with Crippen LogP contribution in [0.4, 0.5) is 0 Å². The van der Waals surface area contributed by atoms with Crippen LogP contribution in [0, 0.1) is 6.92 Å². The van der Waals surface area contributed by atoms with Gasteiger partial charge in [-0.25, -0.2) is 9.59 Å². The van der Waals surface area contributed by atoms with E-state index in [9.17, 15) is 9.59 Å². The van der Waals surface area contributed by atoms with Crippen LogP contribution in [0.5, 0.6) is 0 Å². The van der Waals surface area contributed by atoms with E-state index in [2.05, 4.69) is 28.9 Å². The fourth-order valence-corrected chi connectivity index (χ4v) is 4.37. The van der Waals surface area contributed by atoms with E-state index in [1.807, 2.05) is 62.4 Å². The van der Waals surface area contributed by atoms with Gasteiger partial charge in [0.15, 0.2) is 0 Å². The van der Waals surface area contributed by atoms with Crippen LogP contribution in [0.15, 0.2) is 48.5 Å². The molecule has 1 atom stereocenters. The lowest BCUT2D eigenvalue weighted by Crippen LogP contribution is -2.41. The summed E-state index contributed by atoms with van der Waals surface area (Å²) in [5.41, 5.74) is 4.95. The number of likely N-dealkylation sites (N-methyl/N-ethyl adjacent to an activating group) is 1. The first-order valence-electron chi connectivity index (χ1n) is 11.4. The lowest BCUT2D eigenvalue weighted by Gasteiger charge is -2.26. The fourth-order valence-electron chi connectivity index (χ4n) is 4.37. The molecule has 0 radical (unpaired) electrons. The Balaban J connectivity index is 0.000000538. The molecule has 1 aliphatic heterocycles. The van der Waals surface area contributed by atoms with E-state index in [1.54, 1.807) is 4.90 Å². The molecule has 10 heteroatoms. The van der Waals surface area contributed by atoms with Gasteiger partial charge in [0.2, 0.25) is 5.91 Å². The van der Waals surface area contributed by atoms with Crippen LogP contribution in [0.1, 0.15) is 33.2 Å². The first-order chi connectivity index (χ1) is 17.0. The highest BCUT2D eigenvalue weighted by Crippen LogP contribution is 2.43. The Labute approximate surface area is 208 Å². The van der Waals surface area contributed by atoms with Gasteiger partial charge in [-0.1, -0.05) is 36.4 Å². The molecule has 0 spiro atoms. The van der Waals surface area contributed by atoms with Crippen molar-refractivity contribution in [2.75, 3.05) is 33.7 Å². The maximum Gasteiger partial charge on any atom is 0.414 e. The number of carbonyl (C=O) groups excluding carboxylic acids is 2. The number of nitrogens with one attached hydrogen (secondary N) is 1. The lowest BCUT2D eigenvalue weighted by molar-refractivity contribution is -0.159. The SMILES string of the molecule is Cc1c(C2c3ccccc3C(=O)N2CC(=O)NCCN(C)C)c2ccccc2n1C.O=C(O)C(=O)O. The molecule has 1 unspecified atom stereocenters. The van der Waals surface area contributed by atoms with Crippen molar-refractivity contribution in [1.29, 1.82) is 0 Å². The third-order valence-electron chi connectivity index (χ3n) is 6.16. The molecular formula is C26H30N4O6. The van der Waals surface area contributed by atoms with Crippen molar-refractivity contribution in [3.05, 3.63) is 70.9 Å². The van der Waals surface area contributed by atoms with Crippen molar-refractivity contribution in [2.45, 2.75) is 13.0 Å². The van der Waals surface area contributed by atoms with Crippen molar-refractivity contribution < 1.29 is 29.4 Å².